The average molecular weight is 599 g/mol. The number of allylic oxidation sites excluding steroid dienone is 2. The van der Waals surface area contributed by atoms with Gasteiger partial charge in [-0.3, -0.25) is 19.3 Å². The van der Waals surface area contributed by atoms with E-state index >= 15 is 0 Å². The summed E-state index contributed by atoms with van der Waals surface area (Å²) in [5.41, 5.74) is 2.64. The van der Waals surface area contributed by atoms with E-state index in [9.17, 15) is 19.2 Å². The number of anilines is 1. The third kappa shape index (κ3) is 5.10. The van der Waals surface area contributed by atoms with Crippen LogP contribution < -0.4 is 4.90 Å². The zero-order chi connectivity index (χ0) is 29.5. The lowest BCUT2D eigenvalue weighted by atomic mass is 9.85. The minimum absolute atomic E-state index is 0.186. The fourth-order valence-electron chi connectivity index (χ4n) is 5.50. The Hall–Kier alpha value is -4.33. The van der Waals surface area contributed by atoms with Gasteiger partial charge in [0.15, 0.2) is 6.10 Å². The molecule has 1 aliphatic carbocycles. The molecule has 0 spiro atoms. The van der Waals surface area contributed by atoms with Gasteiger partial charge in [-0.2, -0.15) is 0 Å². The molecule has 0 radical (unpaired) electrons. The molecule has 3 atom stereocenters. The number of pyridine rings is 1. The third-order valence-corrected chi connectivity index (χ3v) is 8.15. The summed E-state index contributed by atoms with van der Waals surface area (Å²) in [5.74, 6) is -2.12. The molecule has 2 heterocycles. The van der Waals surface area contributed by atoms with Crippen molar-refractivity contribution in [2.45, 2.75) is 25.9 Å². The number of esters is 1. The largest absolute Gasteiger partial charge is 0.451 e. The number of hydrogen-bond acceptors (Lipinski definition) is 6. The number of benzene rings is 3. The molecule has 2 amide bonds. The summed E-state index contributed by atoms with van der Waals surface area (Å²) < 4.78 is 5.60. The Morgan fingerprint density at radius 1 is 0.881 bits per heavy atom. The number of ether oxygens (including phenoxy) is 1. The van der Waals surface area contributed by atoms with Crippen LogP contribution in [0.15, 0.2) is 84.9 Å². The number of carbonyl (C=O) groups excluding carboxylic acids is 4. The summed E-state index contributed by atoms with van der Waals surface area (Å²) in [5, 5.41) is 1.28. The SMILES string of the molecule is CC(OC(=O)c1cc(-c2ccc(N3C(=O)C4CC=CCC4C3=O)cc2)nc2ccc(Cl)cc12)C(=O)c1cccc(Cl)c1. The lowest BCUT2D eigenvalue weighted by Crippen LogP contribution is -2.30. The number of Topliss-reactive ketones (excluding diaryl/α,β-unsaturated/α-hetero) is 1. The molecule has 0 N–H and O–H groups in total. The first-order valence-electron chi connectivity index (χ1n) is 13.5. The van der Waals surface area contributed by atoms with Crippen molar-refractivity contribution in [1.82, 2.24) is 4.98 Å². The maximum Gasteiger partial charge on any atom is 0.339 e. The maximum absolute atomic E-state index is 13.4. The molecule has 0 bridgehead atoms. The molecule has 42 heavy (non-hydrogen) atoms. The predicted octanol–water partition coefficient (Wildman–Crippen LogP) is 7.09. The summed E-state index contributed by atoms with van der Waals surface area (Å²) in [6, 6.07) is 19.9. The van der Waals surface area contributed by atoms with Crippen molar-refractivity contribution in [3.63, 3.8) is 0 Å². The molecule has 4 aromatic rings. The van der Waals surface area contributed by atoms with Gasteiger partial charge in [0.05, 0.1) is 34.3 Å². The molecule has 210 valence electrons. The monoisotopic (exact) mass is 598 g/mol. The van der Waals surface area contributed by atoms with Crippen molar-refractivity contribution in [2.24, 2.45) is 11.8 Å². The van der Waals surface area contributed by atoms with Crippen molar-refractivity contribution in [1.29, 1.82) is 0 Å². The summed E-state index contributed by atoms with van der Waals surface area (Å²) in [6.07, 6.45) is 3.96. The quantitative estimate of drug-likeness (QED) is 0.102. The van der Waals surface area contributed by atoms with Gasteiger partial charge in [-0.15, -0.1) is 0 Å². The number of carbonyl (C=O) groups is 4. The van der Waals surface area contributed by atoms with E-state index in [0.29, 0.717) is 56.3 Å². The van der Waals surface area contributed by atoms with Gasteiger partial charge in [-0.05, 0) is 68.3 Å². The molecule has 1 saturated heterocycles. The minimum atomic E-state index is -1.07. The molecule has 7 nitrogen and oxygen atoms in total. The van der Waals surface area contributed by atoms with E-state index in [1.54, 1.807) is 66.7 Å². The van der Waals surface area contributed by atoms with Crippen LogP contribution in [0.2, 0.25) is 10.0 Å². The Morgan fingerprint density at radius 2 is 1.55 bits per heavy atom. The molecule has 9 heteroatoms. The van der Waals surface area contributed by atoms with E-state index in [4.69, 9.17) is 32.9 Å². The minimum Gasteiger partial charge on any atom is -0.451 e. The highest BCUT2D eigenvalue weighted by molar-refractivity contribution is 6.31. The molecule has 3 aromatic carbocycles. The van der Waals surface area contributed by atoms with Crippen LogP contribution in [0.3, 0.4) is 0 Å². The van der Waals surface area contributed by atoms with Crippen LogP contribution in [0.4, 0.5) is 5.69 Å². The first-order chi connectivity index (χ1) is 20.2. The number of halogens is 2. The van der Waals surface area contributed by atoms with Gasteiger partial charge in [-0.1, -0.05) is 59.6 Å². The van der Waals surface area contributed by atoms with E-state index in [1.807, 2.05) is 12.2 Å². The number of nitrogens with zero attached hydrogens (tertiary/aromatic N) is 2. The molecule has 1 aromatic heterocycles. The second-order valence-corrected chi connectivity index (χ2v) is 11.2. The van der Waals surface area contributed by atoms with Crippen LogP contribution in [0, 0.1) is 11.8 Å². The summed E-state index contributed by atoms with van der Waals surface area (Å²) >= 11 is 12.3. The van der Waals surface area contributed by atoms with Crippen LogP contribution in [-0.2, 0) is 14.3 Å². The van der Waals surface area contributed by atoms with Crippen molar-refractivity contribution in [3.8, 4) is 11.3 Å². The number of ketones is 1. The Balaban J connectivity index is 1.30. The molecule has 0 saturated carbocycles. The molecule has 3 unspecified atom stereocenters. The second-order valence-electron chi connectivity index (χ2n) is 10.4. The van der Waals surface area contributed by atoms with Gasteiger partial charge < -0.3 is 4.74 Å². The summed E-state index contributed by atoms with van der Waals surface area (Å²) in [4.78, 5) is 58.3. The molecule has 6 rings (SSSR count). The molecule has 1 fully saturated rings. The van der Waals surface area contributed by atoms with Crippen LogP contribution in [0.1, 0.15) is 40.5 Å². The zero-order valence-electron chi connectivity index (χ0n) is 22.4. The lowest BCUT2D eigenvalue weighted by molar-refractivity contribution is -0.122. The summed E-state index contributed by atoms with van der Waals surface area (Å²) in [7, 11) is 0. The van der Waals surface area contributed by atoms with Gasteiger partial charge in [0.2, 0.25) is 17.6 Å². The first kappa shape index (κ1) is 27.8. The molecule has 1 aliphatic heterocycles. The van der Waals surface area contributed by atoms with Crippen LogP contribution in [0.5, 0.6) is 0 Å². The highest BCUT2D eigenvalue weighted by Gasteiger charge is 2.47. The first-order valence-corrected chi connectivity index (χ1v) is 14.2. The predicted molar refractivity (Wildman–Crippen MR) is 161 cm³/mol. The number of fused-ring (bicyclic) bond motifs is 2. The fourth-order valence-corrected chi connectivity index (χ4v) is 5.87. The number of amides is 2. The lowest BCUT2D eigenvalue weighted by Gasteiger charge is -2.16. The third-order valence-electron chi connectivity index (χ3n) is 7.68. The van der Waals surface area contributed by atoms with Crippen molar-refractivity contribution < 1.29 is 23.9 Å². The van der Waals surface area contributed by atoms with Crippen molar-refractivity contribution in [3.05, 3.63) is 106 Å². The topological polar surface area (TPSA) is 93.6 Å². The van der Waals surface area contributed by atoms with Crippen LogP contribution in [0.25, 0.3) is 22.2 Å². The van der Waals surface area contributed by atoms with E-state index in [-0.39, 0.29) is 35.0 Å². The maximum atomic E-state index is 13.4. The Labute approximate surface area is 251 Å². The smallest absolute Gasteiger partial charge is 0.339 e. The van der Waals surface area contributed by atoms with E-state index in [0.717, 1.165) is 0 Å². The highest BCUT2D eigenvalue weighted by atomic mass is 35.5. The molecule has 2 aliphatic rings. The van der Waals surface area contributed by atoms with E-state index < -0.39 is 12.1 Å². The van der Waals surface area contributed by atoms with Crippen molar-refractivity contribution >= 4 is 63.4 Å². The number of rotatable bonds is 6. The van der Waals surface area contributed by atoms with Gasteiger partial charge >= 0.3 is 5.97 Å². The Bertz CT molecular complexity index is 1770. The van der Waals surface area contributed by atoms with E-state index in [1.165, 1.54) is 17.9 Å². The van der Waals surface area contributed by atoms with Crippen LogP contribution in [-0.4, -0.2) is 34.7 Å². The van der Waals surface area contributed by atoms with E-state index in [2.05, 4.69) is 0 Å². The number of aromatic nitrogens is 1. The number of imide groups is 1. The van der Waals surface area contributed by atoms with Gasteiger partial charge in [0.25, 0.3) is 0 Å². The fraction of sp³-hybridized carbons (Fsp3) is 0.182. The van der Waals surface area contributed by atoms with Crippen LogP contribution >= 0.6 is 23.2 Å². The normalized spacial score (nSPS) is 18.7. The van der Waals surface area contributed by atoms with Gasteiger partial charge in [0.1, 0.15) is 0 Å². The molecular formula is C33H24Cl2N2O5. The standard InChI is InChI=1S/C33H24Cl2N2O5/c1-18(30(38)20-5-4-6-21(34)15-20)42-33(41)27-17-29(36-28-14-11-22(35)16-26(27)28)19-9-12-23(13-10-19)37-31(39)24-7-2-3-8-25(24)32(37)40/h2-6,9-18,24-25H,7-8H2,1H3. The number of hydrogen-bond donors (Lipinski definition) is 0. The second kappa shape index (κ2) is 11.2. The van der Waals surface area contributed by atoms with Gasteiger partial charge in [0, 0.05) is 26.6 Å². The summed E-state index contributed by atoms with van der Waals surface area (Å²) in [6.45, 7) is 1.50. The Morgan fingerprint density at radius 3 is 2.21 bits per heavy atom. The van der Waals surface area contributed by atoms with Gasteiger partial charge in [-0.25, -0.2) is 9.78 Å². The highest BCUT2D eigenvalue weighted by Crippen LogP contribution is 2.38. The average Bonchev–Trinajstić information content (AvgIpc) is 3.25. The Kier molecular flexibility index (Phi) is 7.39. The molecular weight excluding hydrogens is 575 g/mol. The van der Waals surface area contributed by atoms with Crippen molar-refractivity contribution in [2.75, 3.05) is 4.90 Å². The zero-order valence-corrected chi connectivity index (χ0v) is 23.9.